The smallest absolute Gasteiger partial charge is 0.416 e. The maximum absolute atomic E-state index is 15.0. The molecular formula is C26H28F5N3O2. The monoisotopic (exact) mass is 509 g/mol. The van der Waals surface area contributed by atoms with Gasteiger partial charge in [0, 0.05) is 18.0 Å². The molecule has 0 spiro atoms. The number of aryl methyl sites for hydroxylation is 3. The zero-order chi connectivity index (χ0) is 27.1. The number of carbonyl (C=O) groups excluding carboxylic acids is 1. The van der Waals surface area contributed by atoms with Gasteiger partial charge in [-0.3, -0.25) is 4.79 Å². The second-order valence-electron chi connectivity index (χ2n) is 9.74. The Labute approximate surface area is 206 Å². The van der Waals surface area contributed by atoms with Crippen LogP contribution in [0.2, 0.25) is 0 Å². The first kappa shape index (κ1) is 27.2. The molecule has 0 aliphatic rings. The summed E-state index contributed by atoms with van der Waals surface area (Å²) >= 11 is 0. The molecule has 2 aromatic carbocycles. The molecule has 36 heavy (non-hydrogen) atoms. The van der Waals surface area contributed by atoms with Gasteiger partial charge in [-0.15, -0.1) is 0 Å². The van der Waals surface area contributed by atoms with Crippen molar-refractivity contribution in [3.63, 3.8) is 0 Å². The second-order valence-corrected chi connectivity index (χ2v) is 9.74. The van der Waals surface area contributed by atoms with Crippen LogP contribution in [0.1, 0.15) is 59.1 Å². The number of benzene rings is 2. The highest BCUT2D eigenvalue weighted by molar-refractivity contribution is 5.98. The molecule has 0 fully saturated rings. The Hall–Kier alpha value is -3.43. The lowest BCUT2D eigenvalue weighted by molar-refractivity contribution is -0.137. The van der Waals surface area contributed by atoms with Gasteiger partial charge in [0.15, 0.2) is 0 Å². The minimum Gasteiger partial charge on any atom is -0.438 e. The molecule has 1 N–H and O–H groups in total. The summed E-state index contributed by atoms with van der Waals surface area (Å²) in [5, 5.41) is 6.58. The summed E-state index contributed by atoms with van der Waals surface area (Å²) in [5.41, 5.74) is -0.501. The van der Waals surface area contributed by atoms with Crippen LogP contribution >= 0.6 is 0 Å². The molecule has 5 nitrogen and oxygen atoms in total. The maximum Gasteiger partial charge on any atom is 0.416 e. The van der Waals surface area contributed by atoms with E-state index in [2.05, 4.69) is 10.4 Å². The third-order valence-electron chi connectivity index (χ3n) is 5.55. The van der Waals surface area contributed by atoms with Crippen molar-refractivity contribution in [2.45, 2.75) is 52.1 Å². The lowest BCUT2D eigenvalue weighted by atomic mass is 9.89. The minimum absolute atomic E-state index is 0.126. The van der Waals surface area contributed by atoms with Crippen molar-refractivity contribution in [3.05, 3.63) is 76.0 Å². The Kier molecular flexibility index (Phi) is 7.21. The van der Waals surface area contributed by atoms with E-state index in [4.69, 9.17) is 4.74 Å². The van der Waals surface area contributed by atoms with E-state index >= 15 is 0 Å². The Morgan fingerprint density at radius 3 is 2.28 bits per heavy atom. The van der Waals surface area contributed by atoms with E-state index < -0.39 is 35.5 Å². The summed E-state index contributed by atoms with van der Waals surface area (Å²) in [6.45, 7) is 7.67. The highest BCUT2D eigenvalue weighted by atomic mass is 19.4. The van der Waals surface area contributed by atoms with Gasteiger partial charge in [-0.25, -0.2) is 4.68 Å². The number of ether oxygens (including phenoxy) is 1. The van der Waals surface area contributed by atoms with Gasteiger partial charge >= 0.3 is 6.18 Å². The van der Waals surface area contributed by atoms with E-state index in [1.165, 1.54) is 29.9 Å². The summed E-state index contributed by atoms with van der Waals surface area (Å²) in [4.78, 5) is 13.2. The first-order valence-electron chi connectivity index (χ1n) is 11.2. The van der Waals surface area contributed by atoms with Crippen LogP contribution in [0.15, 0.2) is 42.5 Å². The van der Waals surface area contributed by atoms with Crippen LogP contribution in [-0.4, -0.2) is 22.2 Å². The normalized spacial score (nSPS) is 12.5. The molecule has 1 amide bonds. The standard InChI is InChI=1S/C26H28F5N3O2/c1-15-10-11-19(16(2)12-15)25(27,28)14-32-22(35)20-21(24(3,4)5)33-34(6)23(20)36-18-9-7-8-17(13-18)26(29,30)31/h7-13H,14H2,1-6H3,(H,32,35). The van der Waals surface area contributed by atoms with Crippen LogP contribution in [0.3, 0.4) is 0 Å². The van der Waals surface area contributed by atoms with E-state index in [0.29, 0.717) is 5.56 Å². The van der Waals surface area contributed by atoms with Crippen LogP contribution in [0.5, 0.6) is 11.6 Å². The molecule has 0 aliphatic carbocycles. The van der Waals surface area contributed by atoms with Crippen molar-refractivity contribution < 1.29 is 31.5 Å². The van der Waals surface area contributed by atoms with Crippen LogP contribution < -0.4 is 10.1 Å². The van der Waals surface area contributed by atoms with E-state index in [1.54, 1.807) is 46.8 Å². The quantitative estimate of drug-likeness (QED) is 0.378. The molecule has 194 valence electrons. The first-order chi connectivity index (χ1) is 16.5. The number of amides is 1. The molecule has 0 radical (unpaired) electrons. The van der Waals surface area contributed by atoms with Gasteiger partial charge in [0.05, 0.1) is 17.8 Å². The van der Waals surface area contributed by atoms with Crippen molar-refractivity contribution in [2.75, 3.05) is 6.54 Å². The molecule has 10 heteroatoms. The van der Waals surface area contributed by atoms with Crippen LogP contribution in [0, 0.1) is 13.8 Å². The molecule has 0 unspecified atom stereocenters. The van der Waals surface area contributed by atoms with E-state index in [0.717, 1.165) is 17.7 Å². The predicted molar refractivity (Wildman–Crippen MR) is 126 cm³/mol. The highest BCUT2D eigenvalue weighted by Gasteiger charge is 2.37. The summed E-state index contributed by atoms with van der Waals surface area (Å²) in [6.07, 6.45) is -4.59. The number of nitrogens with zero attached hydrogens (tertiary/aromatic N) is 2. The molecule has 1 heterocycles. The lowest BCUT2D eigenvalue weighted by Gasteiger charge is -2.21. The Balaban J connectivity index is 1.96. The Bertz CT molecular complexity index is 1270. The SMILES string of the molecule is Cc1ccc(C(F)(F)CNC(=O)c2c(C(C)(C)C)nn(C)c2Oc2cccc(C(F)(F)F)c2)c(C)c1. The Morgan fingerprint density at radius 2 is 1.69 bits per heavy atom. The van der Waals surface area contributed by atoms with Crippen LogP contribution in [0.25, 0.3) is 0 Å². The number of nitrogens with one attached hydrogen (secondary N) is 1. The van der Waals surface area contributed by atoms with Gasteiger partial charge < -0.3 is 10.1 Å². The highest BCUT2D eigenvalue weighted by Crippen LogP contribution is 2.37. The largest absolute Gasteiger partial charge is 0.438 e. The number of hydrogen-bond acceptors (Lipinski definition) is 3. The van der Waals surface area contributed by atoms with Gasteiger partial charge in [0.25, 0.3) is 11.8 Å². The summed E-state index contributed by atoms with van der Waals surface area (Å²) in [7, 11) is 1.46. The van der Waals surface area contributed by atoms with E-state index in [-0.39, 0.29) is 28.5 Å². The molecule has 0 saturated carbocycles. The maximum atomic E-state index is 15.0. The second kappa shape index (κ2) is 9.55. The Morgan fingerprint density at radius 1 is 1.03 bits per heavy atom. The topological polar surface area (TPSA) is 56.2 Å². The molecule has 3 aromatic rings. The number of rotatable bonds is 6. The molecule has 0 atom stereocenters. The van der Waals surface area contributed by atoms with Crippen molar-refractivity contribution >= 4 is 5.91 Å². The summed E-state index contributed by atoms with van der Waals surface area (Å²) in [5.74, 6) is -4.58. The van der Waals surface area contributed by atoms with E-state index in [9.17, 15) is 26.7 Å². The lowest BCUT2D eigenvalue weighted by Crippen LogP contribution is -2.36. The number of carbonyl (C=O) groups is 1. The van der Waals surface area contributed by atoms with Crippen molar-refractivity contribution in [1.29, 1.82) is 0 Å². The predicted octanol–water partition coefficient (Wildman–Crippen LogP) is 6.67. The number of hydrogen-bond donors (Lipinski definition) is 1. The van der Waals surface area contributed by atoms with Crippen LogP contribution in [0.4, 0.5) is 22.0 Å². The fraction of sp³-hybridized carbons (Fsp3) is 0.385. The fourth-order valence-corrected chi connectivity index (χ4v) is 3.80. The van der Waals surface area contributed by atoms with Gasteiger partial charge in [0.2, 0.25) is 5.88 Å². The van der Waals surface area contributed by atoms with Crippen molar-refractivity contribution in [2.24, 2.45) is 7.05 Å². The molecule has 0 bridgehead atoms. The molecular weight excluding hydrogens is 481 g/mol. The number of alkyl halides is 5. The zero-order valence-corrected chi connectivity index (χ0v) is 20.8. The average Bonchev–Trinajstić information content (AvgIpc) is 3.08. The van der Waals surface area contributed by atoms with Crippen molar-refractivity contribution in [1.82, 2.24) is 15.1 Å². The zero-order valence-electron chi connectivity index (χ0n) is 20.8. The molecule has 3 rings (SSSR count). The first-order valence-corrected chi connectivity index (χ1v) is 11.2. The van der Waals surface area contributed by atoms with Gasteiger partial charge in [0.1, 0.15) is 11.3 Å². The molecule has 0 aliphatic heterocycles. The minimum atomic E-state index is -4.59. The third kappa shape index (κ3) is 5.85. The molecule has 1 aromatic heterocycles. The average molecular weight is 510 g/mol. The summed E-state index contributed by atoms with van der Waals surface area (Å²) < 4.78 is 76.3. The number of halogens is 5. The van der Waals surface area contributed by atoms with Gasteiger partial charge in [-0.05, 0) is 37.6 Å². The number of aromatic nitrogens is 2. The van der Waals surface area contributed by atoms with Crippen LogP contribution in [-0.2, 0) is 24.6 Å². The van der Waals surface area contributed by atoms with Crippen molar-refractivity contribution in [3.8, 4) is 11.6 Å². The fourth-order valence-electron chi connectivity index (χ4n) is 3.80. The van der Waals surface area contributed by atoms with E-state index in [1.807, 2.05) is 0 Å². The van der Waals surface area contributed by atoms with Gasteiger partial charge in [-0.1, -0.05) is 50.6 Å². The molecule has 0 saturated heterocycles. The van der Waals surface area contributed by atoms with Gasteiger partial charge in [-0.2, -0.15) is 27.1 Å². The third-order valence-corrected chi connectivity index (χ3v) is 5.55. The summed E-state index contributed by atoms with van der Waals surface area (Å²) in [6, 6.07) is 8.67.